The molecule has 0 saturated carbocycles. The molecule has 0 amide bonds. The molecule has 0 aliphatic rings. The van der Waals surface area contributed by atoms with Crippen LogP contribution in [0.25, 0.3) is 11.1 Å². The Hall–Kier alpha value is -1.76. The molecule has 1 nitrogen and oxygen atoms in total. The van der Waals surface area contributed by atoms with Gasteiger partial charge in [0.25, 0.3) is 0 Å². The van der Waals surface area contributed by atoms with Gasteiger partial charge in [0.05, 0.1) is 7.11 Å². The highest BCUT2D eigenvalue weighted by molar-refractivity contribution is 5.68. The van der Waals surface area contributed by atoms with Crippen LogP contribution in [0.4, 0.5) is 0 Å². The molecule has 0 fully saturated rings. The second-order valence-corrected chi connectivity index (χ2v) is 4.96. The van der Waals surface area contributed by atoms with Crippen molar-refractivity contribution in [3.63, 3.8) is 0 Å². The first-order chi connectivity index (χ1) is 8.61. The van der Waals surface area contributed by atoms with E-state index in [1.54, 1.807) is 7.11 Å². The van der Waals surface area contributed by atoms with Crippen molar-refractivity contribution in [2.45, 2.75) is 26.7 Å². The average Bonchev–Trinajstić information content (AvgIpc) is 2.38. The summed E-state index contributed by atoms with van der Waals surface area (Å²) >= 11 is 0. The molecule has 0 aliphatic heterocycles. The second-order valence-electron chi connectivity index (χ2n) is 4.96. The standard InChI is InChI=1S/C17H20O/c1-12(2)14-5-7-15(8-6-14)17-10-9-16(18-4)11-13(17)3/h5-12H,1-4H3. The normalized spacial score (nSPS) is 10.7. The van der Waals surface area contributed by atoms with Crippen LogP contribution < -0.4 is 4.74 Å². The molecular formula is C17H20O. The van der Waals surface area contributed by atoms with Gasteiger partial charge in [0, 0.05) is 0 Å². The van der Waals surface area contributed by atoms with Crippen molar-refractivity contribution >= 4 is 0 Å². The van der Waals surface area contributed by atoms with Gasteiger partial charge in [-0.15, -0.1) is 0 Å². The molecule has 2 aromatic carbocycles. The minimum Gasteiger partial charge on any atom is -0.497 e. The topological polar surface area (TPSA) is 9.23 Å². The quantitative estimate of drug-likeness (QED) is 0.749. The van der Waals surface area contributed by atoms with Gasteiger partial charge in [-0.2, -0.15) is 0 Å². The molecular weight excluding hydrogens is 220 g/mol. The summed E-state index contributed by atoms with van der Waals surface area (Å²) in [6, 6.07) is 15.0. The highest BCUT2D eigenvalue weighted by Crippen LogP contribution is 2.28. The van der Waals surface area contributed by atoms with E-state index in [0.29, 0.717) is 5.92 Å². The van der Waals surface area contributed by atoms with Gasteiger partial charge < -0.3 is 4.74 Å². The van der Waals surface area contributed by atoms with Crippen LogP contribution in [0.15, 0.2) is 42.5 Å². The Labute approximate surface area is 109 Å². The summed E-state index contributed by atoms with van der Waals surface area (Å²) in [5, 5.41) is 0. The third-order valence-corrected chi connectivity index (χ3v) is 3.32. The van der Waals surface area contributed by atoms with Gasteiger partial charge in [0.1, 0.15) is 5.75 Å². The molecule has 0 bridgehead atoms. The minimum atomic E-state index is 0.580. The second kappa shape index (κ2) is 5.26. The van der Waals surface area contributed by atoms with Gasteiger partial charge in [-0.3, -0.25) is 0 Å². The lowest BCUT2D eigenvalue weighted by atomic mass is 9.96. The van der Waals surface area contributed by atoms with Gasteiger partial charge in [-0.1, -0.05) is 44.2 Å². The van der Waals surface area contributed by atoms with Gasteiger partial charge >= 0.3 is 0 Å². The van der Waals surface area contributed by atoms with Crippen molar-refractivity contribution < 1.29 is 4.74 Å². The average molecular weight is 240 g/mol. The Kier molecular flexibility index (Phi) is 3.71. The van der Waals surface area contributed by atoms with E-state index in [9.17, 15) is 0 Å². The van der Waals surface area contributed by atoms with Gasteiger partial charge in [-0.05, 0) is 47.2 Å². The number of methoxy groups -OCH3 is 1. The predicted molar refractivity (Wildman–Crippen MR) is 77.3 cm³/mol. The summed E-state index contributed by atoms with van der Waals surface area (Å²) < 4.78 is 5.24. The van der Waals surface area contributed by atoms with Crippen LogP contribution in [0, 0.1) is 6.92 Å². The highest BCUT2D eigenvalue weighted by atomic mass is 16.5. The van der Waals surface area contributed by atoms with Crippen molar-refractivity contribution in [3.8, 4) is 16.9 Å². The number of aryl methyl sites for hydroxylation is 1. The summed E-state index contributed by atoms with van der Waals surface area (Å²) in [5.41, 5.74) is 5.15. The van der Waals surface area contributed by atoms with E-state index in [-0.39, 0.29) is 0 Å². The summed E-state index contributed by atoms with van der Waals surface area (Å²) in [5.74, 6) is 1.49. The van der Waals surface area contributed by atoms with Crippen molar-refractivity contribution in [3.05, 3.63) is 53.6 Å². The third-order valence-electron chi connectivity index (χ3n) is 3.32. The Balaban J connectivity index is 2.36. The van der Waals surface area contributed by atoms with Crippen LogP contribution in [0.1, 0.15) is 30.9 Å². The van der Waals surface area contributed by atoms with E-state index < -0.39 is 0 Å². The smallest absolute Gasteiger partial charge is 0.119 e. The number of rotatable bonds is 3. The van der Waals surface area contributed by atoms with E-state index >= 15 is 0 Å². The largest absolute Gasteiger partial charge is 0.497 e. The summed E-state index contributed by atoms with van der Waals surface area (Å²) in [6.07, 6.45) is 0. The molecule has 94 valence electrons. The van der Waals surface area contributed by atoms with E-state index in [4.69, 9.17) is 4.74 Å². The van der Waals surface area contributed by atoms with Crippen LogP contribution in [0.5, 0.6) is 5.75 Å². The summed E-state index contributed by atoms with van der Waals surface area (Å²) in [7, 11) is 1.70. The maximum atomic E-state index is 5.24. The number of benzene rings is 2. The number of hydrogen-bond acceptors (Lipinski definition) is 1. The first-order valence-corrected chi connectivity index (χ1v) is 6.37. The molecule has 18 heavy (non-hydrogen) atoms. The molecule has 0 aliphatic carbocycles. The molecule has 0 aromatic heterocycles. The molecule has 2 rings (SSSR count). The maximum absolute atomic E-state index is 5.24. The van der Waals surface area contributed by atoms with Crippen molar-refractivity contribution in [2.75, 3.05) is 7.11 Å². The fraction of sp³-hybridized carbons (Fsp3) is 0.294. The summed E-state index contributed by atoms with van der Waals surface area (Å²) in [4.78, 5) is 0. The Morgan fingerprint density at radius 1 is 0.944 bits per heavy atom. The zero-order valence-electron chi connectivity index (χ0n) is 11.5. The lowest BCUT2D eigenvalue weighted by Crippen LogP contribution is -1.89. The molecule has 0 heterocycles. The zero-order valence-corrected chi connectivity index (χ0v) is 11.5. The van der Waals surface area contributed by atoms with Crippen molar-refractivity contribution in [1.29, 1.82) is 0 Å². The van der Waals surface area contributed by atoms with E-state index in [2.05, 4.69) is 57.2 Å². The van der Waals surface area contributed by atoms with Crippen LogP contribution in [-0.2, 0) is 0 Å². The van der Waals surface area contributed by atoms with E-state index in [0.717, 1.165) is 5.75 Å². The minimum absolute atomic E-state index is 0.580. The predicted octanol–water partition coefficient (Wildman–Crippen LogP) is 4.79. The molecule has 0 N–H and O–H groups in total. The number of hydrogen-bond donors (Lipinski definition) is 0. The van der Waals surface area contributed by atoms with E-state index in [1.165, 1.54) is 22.3 Å². The molecule has 1 heteroatoms. The SMILES string of the molecule is COc1ccc(-c2ccc(C(C)C)cc2)c(C)c1. The first kappa shape index (κ1) is 12.7. The zero-order chi connectivity index (χ0) is 13.1. The Bertz CT molecular complexity index is 524. The number of ether oxygens (including phenoxy) is 1. The first-order valence-electron chi connectivity index (χ1n) is 6.37. The molecule has 0 spiro atoms. The van der Waals surface area contributed by atoms with Crippen LogP contribution in [-0.4, -0.2) is 7.11 Å². The van der Waals surface area contributed by atoms with Gasteiger partial charge in [0.15, 0.2) is 0 Å². The lowest BCUT2D eigenvalue weighted by Gasteiger charge is -2.10. The summed E-state index contributed by atoms with van der Waals surface area (Å²) in [6.45, 7) is 6.55. The molecule has 0 atom stereocenters. The van der Waals surface area contributed by atoms with Gasteiger partial charge in [-0.25, -0.2) is 0 Å². The monoisotopic (exact) mass is 240 g/mol. The highest BCUT2D eigenvalue weighted by Gasteiger charge is 2.04. The van der Waals surface area contributed by atoms with Crippen LogP contribution >= 0.6 is 0 Å². The fourth-order valence-corrected chi connectivity index (χ4v) is 2.13. The fourth-order valence-electron chi connectivity index (χ4n) is 2.13. The van der Waals surface area contributed by atoms with Crippen LogP contribution in [0.2, 0.25) is 0 Å². The van der Waals surface area contributed by atoms with Gasteiger partial charge in [0.2, 0.25) is 0 Å². The van der Waals surface area contributed by atoms with Crippen molar-refractivity contribution in [2.24, 2.45) is 0 Å². The Morgan fingerprint density at radius 2 is 1.61 bits per heavy atom. The maximum Gasteiger partial charge on any atom is 0.119 e. The van der Waals surface area contributed by atoms with Crippen molar-refractivity contribution in [1.82, 2.24) is 0 Å². The molecule has 0 radical (unpaired) electrons. The third kappa shape index (κ3) is 2.56. The molecule has 0 saturated heterocycles. The van der Waals surface area contributed by atoms with E-state index in [1.807, 2.05) is 6.07 Å². The Morgan fingerprint density at radius 3 is 2.11 bits per heavy atom. The lowest BCUT2D eigenvalue weighted by molar-refractivity contribution is 0.414. The van der Waals surface area contributed by atoms with Crippen LogP contribution in [0.3, 0.4) is 0 Å². The molecule has 0 unspecified atom stereocenters. The molecule has 2 aromatic rings.